The van der Waals surface area contributed by atoms with Gasteiger partial charge in [0.05, 0.1) is 16.1 Å². The molecule has 3 aromatic rings. The first-order chi connectivity index (χ1) is 9.74. The molecule has 0 aliphatic heterocycles. The molecular formula is C14H15ClN4S. The van der Waals surface area contributed by atoms with Crippen LogP contribution in [-0.2, 0) is 13.1 Å². The number of aryl methyl sites for hydroxylation is 1. The minimum atomic E-state index is 0.458. The predicted octanol–water partition coefficient (Wildman–Crippen LogP) is 3.68. The van der Waals surface area contributed by atoms with Crippen LogP contribution in [0.25, 0.3) is 22.6 Å². The van der Waals surface area contributed by atoms with E-state index in [0.717, 1.165) is 45.5 Å². The molecule has 0 atom stereocenters. The van der Waals surface area contributed by atoms with Crippen molar-refractivity contribution in [3.8, 4) is 11.5 Å². The van der Waals surface area contributed by atoms with E-state index in [4.69, 9.17) is 22.3 Å². The Morgan fingerprint density at radius 3 is 2.90 bits per heavy atom. The number of nitrogens with zero attached hydrogens (tertiary/aromatic N) is 3. The van der Waals surface area contributed by atoms with Crippen LogP contribution in [0.3, 0.4) is 0 Å². The number of benzene rings is 1. The molecule has 1 aromatic carbocycles. The van der Waals surface area contributed by atoms with Crippen molar-refractivity contribution in [3.05, 3.63) is 33.6 Å². The van der Waals surface area contributed by atoms with Gasteiger partial charge in [0, 0.05) is 18.5 Å². The number of rotatable bonds is 4. The van der Waals surface area contributed by atoms with Gasteiger partial charge < -0.3 is 10.3 Å². The van der Waals surface area contributed by atoms with Gasteiger partial charge in [-0.05, 0) is 18.6 Å². The van der Waals surface area contributed by atoms with E-state index < -0.39 is 0 Å². The van der Waals surface area contributed by atoms with Gasteiger partial charge in [0.1, 0.15) is 10.7 Å². The fourth-order valence-corrected chi connectivity index (χ4v) is 3.21. The van der Waals surface area contributed by atoms with Crippen molar-refractivity contribution in [1.29, 1.82) is 0 Å². The number of thiazole rings is 1. The van der Waals surface area contributed by atoms with Crippen LogP contribution in [0.4, 0.5) is 0 Å². The molecule has 3 rings (SSSR count). The molecule has 2 aromatic heterocycles. The van der Waals surface area contributed by atoms with E-state index in [1.807, 2.05) is 23.6 Å². The zero-order chi connectivity index (χ0) is 14.1. The molecule has 0 radical (unpaired) electrons. The SMILES string of the molecule is CCCn1c(-c2csc(CN)n2)nc2cccc(Cl)c21. The second-order valence-corrected chi connectivity index (χ2v) is 5.88. The third-order valence-corrected chi connectivity index (χ3v) is 4.30. The van der Waals surface area contributed by atoms with Crippen molar-refractivity contribution in [2.24, 2.45) is 5.73 Å². The van der Waals surface area contributed by atoms with Crippen LogP contribution in [0.2, 0.25) is 5.02 Å². The Kier molecular flexibility index (Phi) is 3.74. The Morgan fingerprint density at radius 1 is 1.35 bits per heavy atom. The fourth-order valence-electron chi connectivity index (χ4n) is 2.29. The van der Waals surface area contributed by atoms with Crippen LogP contribution in [-0.4, -0.2) is 14.5 Å². The zero-order valence-corrected chi connectivity index (χ0v) is 12.7. The Hall–Kier alpha value is -1.43. The molecule has 2 heterocycles. The third-order valence-electron chi connectivity index (χ3n) is 3.12. The molecule has 0 unspecified atom stereocenters. The first-order valence-electron chi connectivity index (χ1n) is 6.54. The lowest BCUT2D eigenvalue weighted by Gasteiger charge is -2.06. The van der Waals surface area contributed by atoms with Crippen molar-refractivity contribution in [2.75, 3.05) is 0 Å². The summed E-state index contributed by atoms with van der Waals surface area (Å²) >= 11 is 7.90. The minimum absolute atomic E-state index is 0.458. The highest BCUT2D eigenvalue weighted by Crippen LogP contribution is 2.30. The lowest BCUT2D eigenvalue weighted by atomic mass is 10.3. The predicted molar refractivity (Wildman–Crippen MR) is 84.0 cm³/mol. The second-order valence-electron chi connectivity index (χ2n) is 4.53. The van der Waals surface area contributed by atoms with Gasteiger partial charge in [-0.1, -0.05) is 24.6 Å². The van der Waals surface area contributed by atoms with Gasteiger partial charge in [0.25, 0.3) is 0 Å². The third kappa shape index (κ3) is 2.22. The molecule has 0 saturated heterocycles. The number of nitrogens with two attached hydrogens (primary N) is 1. The fraction of sp³-hybridized carbons (Fsp3) is 0.286. The van der Waals surface area contributed by atoms with Gasteiger partial charge >= 0.3 is 0 Å². The molecule has 0 bridgehead atoms. The largest absolute Gasteiger partial charge is 0.325 e. The standard InChI is InChI=1S/C14H15ClN4S/c1-2-6-19-13-9(15)4-3-5-10(13)18-14(19)11-8-20-12(7-16)17-11/h3-5,8H,2,6-7,16H2,1H3. The molecule has 104 valence electrons. The monoisotopic (exact) mass is 306 g/mol. The summed E-state index contributed by atoms with van der Waals surface area (Å²) < 4.78 is 2.15. The minimum Gasteiger partial charge on any atom is -0.325 e. The van der Waals surface area contributed by atoms with Crippen LogP contribution in [0.1, 0.15) is 18.4 Å². The zero-order valence-electron chi connectivity index (χ0n) is 11.1. The van der Waals surface area contributed by atoms with Crippen LogP contribution < -0.4 is 5.73 Å². The average molecular weight is 307 g/mol. The summed E-state index contributed by atoms with van der Waals surface area (Å²) in [6, 6.07) is 5.80. The topological polar surface area (TPSA) is 56.7 Å². The van der Waals surface area contributed by atoms with Crippen molar-refractivity contribution < 1.29 is 0 Å². The van der Waals surface area contributed by atoms with E-state index in [1.165, 1.54) is 0 Å². The van der Waals surface area contributed by atoms with E-state index in [0.29, 0.717) is 6.54 Å². The smallest absolute Gasteiger partial charge is 0.160 e. The molecule has 0 fully saturated rings. The van der Waals surface area contributed by atoms with Crippen molar-refractivity contribution in [1.82, 2.24) is 14.5 Å². The van der Waals surface area contributed by atoms with Gasteiger partial charge in [0.2, 0.25) is 0 Å². The van der Waals surface area contributed by atoms with E-state index in [1.54, 1.807) is 11.3 Å². The van der Waals surface area contributed by atoms with Gasteiger partial charge in [-0.3, -0.25) is 0 Å². The Bertz CT molecular complexity index is 747. The average Bonchev–Trinajstić information content (AvgIpc) is 3.04. The lowest BCUT2D eigenvalue weighted by molar-refractivity contribution is 0.702. The molecule has 0 spiro atoms. The number of halogens is 1. The first-order valence-corrected chi connectivity index (χ1v) is 7.80. The number of hydrogen-bond acceptors (Lipinski definition) is 4. The summed E-state index contributed by atoms with van der Waals surface area (Å²) in [7, 11) is 0. The summed E-state index contributed by atoms with van der Waals surface area (Å²) in [6.45, 7) is 3.46. The highest BCUT2D eigenvalue weighted by Gasteiger charge is 2.16. The number of hydrogen-bond donors (Lipinski definition) is 1. The van der Waals surface area contributed by atoms with E-state index in [-0.39, 0.29) is 0 Å². The first kappa shape index (κ1) is 13.5. The second kappa shape index (κ2) is 5.52. The lowest BCUT2D eigenvalue weighted by Crippen LogP contribution is -2.01. The normalized spacial score (nSPS) is 11.3. The Morgan fingerprint density at radius 2 is 2.20 bits per heavy atom. The van der Waals surface area contributed by atoms with E-state index >= 15 is 0 Å². The molecule has 4 nitrogen and oxygen atoms in total. The molecule has 6 heteroatoms. The summed E-state index contributed by atoms with van der Waals surface area (Å²) in [5.74, 6) is 0.867. The summed E-state index contributed by atoms with van der Waals surface area (Å²) in [5.41, 5.74) is 8.39. The molecule has 0 aliphatic carbocycles. The quantitative estimate of drug-likeness (QED) is 0.800. The van der Waals surface area contributed by atoms with Crippen molar-refractivity contribution in [2.45, 2.75) is 26.4 Å². The van der Waals surface area contributed by atoms with Crippen LogP contribution >= 0.6 is 22.9 Å². The summed E-state index contributed by atoms with van der Waals surface area (Å²) in [5, 5.41) is 3.65. The maximum absolute atomic E-state index is 6.33. The maximum atomic E-state index is 6.33. The summed E-state index contributed by atoms with van der Waals surface area (Å²) in [6.07, 6.45) is 1.01. The summed E-state index contributed by atoms with van der Waals surface area (Å²) in [4.78, 5) is 9.23. The number of fused-ring (bicyclic) bond motifs is 1. The van der Waals surface area contributed by atoms with Gasteiger partial charge in [-0.25, -0.2) is 9.97 Å². The van der Waals surface area contributed by atoms with Gasteiger partial charge in [0.15, 0.2) is 5.82 Å². The van der Waals surface area contributed by atoms with Crippen LogP contribution in [0, 0.1) is 0 Å². The number of aromatic nitrogens is 3. The van der Waals surface area contributed by atoms with Gasteiger partial charge in [-0.15, -0.1) is 11.3 Å². The number of para-hydroxylation sites is 1. The van der Waals surface area contributed by atoms with Crippen molar-refractivity contribution >= 4 is 34.0 Å². The van der Waals surface area contributed by atoms with Crippen LogP contribution in [0.5, 0.6) is 0 Å². The maximum Gasteiger partial charge on any atom is 0.160 e. The molecular weight excluding hydrogens is 292 g/mol. The highest BCUT2D eigenvalue weighted by molar-refractivity contribution is 7.09. The molecule has 0 aliphatic rings. The molecule has 0 saturated carbocycles. The van der Waals surface area contributed by atoms with E-state index in [9.17, 15) is 0 Å². The Balaban J connectivity index is 2.23. The van der Waals surface area contributed by atoms with Crippen molar-refractivity contribution in [3.63, 3.8) is 0 Å². The van der Waals surface area contributed by atoms with Gasteiger partial charge in [-0.2, -0.15) is 0 Å². The molecule has 2 N–H and O–H groups in total. The highest BCUT2D eigenvalue weighted by atomic mass is 35.5. The van der Waals surface area contributed by atoms with E-state index in [2.05, 4.69) is 16.5 Å². The molecule has 20 heavy (non-hydrogen) atoms. The Labute approximate surface area is 126 Å². The van der Waals surface area contributed by atoms with Crippen LogP contribution in [0.15, 0.2) is 23.6 Å². The molecule has 0 amide bonds. The number of imidazole rings is 1.